The number of benzene rings is 3. The lowest BCUT2D eigenvalue weighted by Crippen LogP contribution is -2.45. The van der Waals surface area contributed by atoms with Crippen LogP contribution in [0.1, 0.15) is 22.7 Å². The predicted molar refractivity (Wildman–Crippen MR) is 122 cm³/mol. The van der Waals surface area contributed by atoms with Gasteiger partial charge in [0, 0.05) is 31.7 Å². The first-order valence-corrected chi connectivity index (χ1v) is 10.5. The zero-order chi connectivity index (χ0) is 20.1. The maximum atomic E-state index is 6.26. The average Bonchev–Trinajstić information content (AvgIpc) is 2.77. The van der Waals surface area contributed by atoms with Gasteiger partial charge < -0.3 is 0 Å². The van der Waals surface area contributed by atoms with Crippen LogP contribution in [0.2, 0.25) is 10.0 Å². The molecule has 0 N–H and O–H groups in total. The van der Waals surface area contributed by atoms with Gasteiger partial charge in [0.2, 0.25) is 0 Å². The molecule has 1 fully saturated rings. The highest BCUT2D eigenvalue weighted by Crippen LogP contribution is 2.29. The molecule has 0 aromatic heterocycles. The largest absolute Gasteiger partial charge is 0.294 e. The molecule has 0 amide bonds. The monoisotopic (exact) mass is 423 g/mol. The molecule has 1 heterocycles. The summed E-state index contributed by atoms with van der Waals surface area (Å²) in [4.78, 5) is 2.53. The van der Waals surface area contributed by atoms with Crippen molar-refractivity contribution in [2.24, 2.45) is 5.10 Å². The van der Waals surface area contributed by atoms with Gasteiger partial charge in [0.05, 0.1) is 22.3 Å². The summed E-state index contributed by atoms with van der Waals surface area (Å²) in [7, 11) is 0. The van der Waals surface area contributed by atoms with E-state index in [4.69, 9.17) is 23.2 Å². The molecular weight excluding hydrogens is 401 g/mol. The summed E-state index contributed by atoms with van der Waals surface area (Å²) in [6.07, 6.45) is 1.80. The molecule has 0 atom stereocenters. The Kier molecular flexibility index (Phi) is 6.50. The highest BCUT2D eigenvalue weighted by Gasteiger charge is 2.25. The highest BCUT2D eigenvalue weighted by molar-refractivity contribution is 6.43. The number of hydrogen-bond acceptors (Lipinski definition) is 3. The minimum atomic E-state index is 0.255. The molecule has 0 radical (unpaired) electrons. The van der Waals surface area contributed by atoms with E-state index in [0.29, 0.717) is 10.0 Å². The van der Waals surface area contributed by atoms with Crippen molar-refractivity contribution in [1.29, 1.82) is 0 Å². The van der Waals surface area contributed by atoms with Gasteiger partial charge in [-0.25, -0.2) is 0 Å². The van der Waals surface area contributed by atoms with Crippen molar-refractivity contribution in [3.8, 4) is 0 Å². The zero-order valence-electron chi connectivity index (χ0n) is 16.1. The van der Waals surface area contributed by atoms with E-state index in [1.54, 1.807) is 12.3 Å². The van der Waals surface area contributed by atoms with Crippen molar-refractivity contribution in [2.45, 2.75) is 6.04 Å². The summed E-state index contributed by atoms with van der Waals surface area (Å²) in [6.45, 7) is 3.61. The molecule has 3 nitrogen and oxygen atoms in total. The lowest BCUT2D eigenvalue weighted by molar-refractivity contribution is 0.113. The number of hydrazone groups is 1. The Morgan fingerprint density at radius 1 is 0.724 bits per heavy atom. The SMILES string of the molecule is Clc1cccc(C=NN2CCN(C(c3ccccc3)c3ccccc3)CC2)c1Cl. The van der Waals surface area contributed by atoms with Gasteiger partial charge in [0.25, 0.3) is 0 Å². The van der Waals surface area contributed by atoms with Crippen LogP contribution >= 0.6 is 23.2 Å². The van der Waals surface area contributed by atoms with Crippen LogP contribution in [0.3, 0.4) is 0 Å². The Labute approximate surface area is 182 Å². The number of piperazine rings is 1. The van der Waals surface area contributed by atoms with E-state index < -0.39 is 0 Å². The maximum absolute atomic E-state index is 6.26. The number of hydrogen-bond donors (Lipinski definition) is 0. The zero-order valence-corrected chi connectivity index (χ0v) is 17.6. The molecule has 0 bridgehead atoms. The fourth-order valence-electron chi connectivity index (χ4n) is 3.73. The lowest BCUT2D eigenvalue weighted by Gasteiger charge is -2.38. The summed E-state index contributed by atoms with van der Waals surface area (Å²) in [5, 5.41) is 7.83. The second kappa shape index (κ2) is 9.45. The minimum Gasteiger partial charge on any atom is -0.294 e. The van der Waals surface area contributed by atoms with Crippen LogP contribution in [0.25, 0.3) is 0 Å². The third-order valence-corrected chi connectivity index (χ3v) is 6.06. The molecule has 29 heavy (non-hydrogen) atoms. The Morgan fingerprint density at radius 3 is 1.90 bits per heavy atom. The summed E-state index contributed by atoms with van der Waals surface area (Å²) < 4.78 is 0. The van der Waals surface area contributed by atoms with Crippen LogP contribution < -0.4 is 0 Å². The Balaban J connectivity index is 1.47. The first-order valence-electron chi connectivity index (χ1n) is 9.79. The molecule has 1 aliphatic heterocycles. The van der Waals surface area contributed by atoms with Gasteiger partial charge in [0.1, 0.15) is 0 Å². The molecule has 3 aromatic rings. The van der Waals surface area contributed by atoms with Gasteiger partial charge >= 0.3 is 0 Å². The Bertz CT molecular complexity index is 913. The molecule has 0 unspecified atom stereocenters. The summed E-state index contributed by atoms with van der Waals surface area (Å²) in [6, 6.07) is 27.3. The van der Waals surface area contributed by atoms with Gasteiger partial charge in [-0.15, -0.1) is 0 Å². The van der Waals surface area contributed by atoms with Crippen LogP contribution in [0.4, 0.5) is 0 Å². The lowest BCUT2D eigenvalue weighted by atomic mass is 9.96. The molecule has 1 saturated heterocycles. The number of nitrogens with zero attached hydrogens (tertiary/aromatic N) is 3. The second-order valence-corrected chi connectivity index (χ2v) is 7.89. The topological polar surface area (TPSA) is 18.8 Å². The Morgan fingerprint density at radius 2 is 1.31 bits per heavy atom. The normalized spacial score (nSPS) is 15.3. The molecule has 5 heteroatoms. The quantitative estimate of drug-likeness (QED) is 0.487. The predicted octanol–water partition coefficient (Wildman–Crippen LogP) is 5.73. The highest BCUT2D eigenvalue weighted by atomic mass is 35.5. The van der Waals surface area contributed by atoms with Crippen LogP contribution in [0.5, 0.6) is 0 Å². The molecule has 0 spiro atoms. The third-order valence-electron chi connectivity index (χ3n) is 5.23. The first-order chi connectivity index (χ1) is 14.2. The fraction of sp³-hybridized carbons (Fsp3) is 0.208. The Hall–Kier alpha value is -2.33. The molecular formula is C24H23Cl2N3. The standard InChI is InChI=1S/C24H23Cl2N3/c25-22-13-7-12-21(23(22)26)18-27-29-16-14-28(15-17-29)24(19-8-3-1-4-9-19)20-10-5-2-6-11-20/h1-13,18,24H,14-17H2. The van der Waals surface area contributed by atoms with Crippen molar-refractivity contribution in [3.63, 3.8) is 0 Å². The van der Waals surface area contributed by atoms with Gasteiger partial charge in [-0.3, -0.25) is 9.91 Å². The summed E-state index contributed by atoms with van der Waals surface area (Å²) in [5.74, 6) is 0. The number of rotatable bonds is 5. The first kappa shape index (κ1) is 20.0. The van der Waals surface area contributed by atoms with Crippen LogP contribution in [-0.4, -0.2) is 42.3 Å². The van der Waals surface area contributed by atoms with E-state index in [0.717, 1.165) is 31.7 Å². The van der Waals surface area contributed by atoms with E-state index in [-0.39, 0.29) is 6.04 Å². The summed E-state index contributed by atoms with van der Waals surface area (Å²) in [5.41, 5.74) is 3.48. The van der Waals surface area contributed by atoms with E-state index in [9.17, 15) is 0 Å². The molecule has 4 rings (SSSR count). The minimum absolute atomic E-state index is 0.255. The van der Waals surface area contributed by atoms with Crippen molar-refractivity contribution >= 4 is 29.4 Å². The van der Waals surface area contributed by atoms with Gasteiger partial charge in [-0.2, -0.15) is 5.10 Å². The molecule has 0 saturated carbocycles. The summed E-state index contributed by atoms with van der Waals surface area (Å²) >= 11 is 12.4. The van der Waals surface area contributed by atoms with E-state index in [1.165, 1.54) is 11.1 Å². The van der Waals surface area contributed by atoms with Crippen LogP contribution in [0, 0.1) is 0 Å². The molecule has 148 valence electrons. The van der Waals surface area contributed by atoms with Crippen molar-refractivity contribution in [2.75, 3.05) is 26.2 Å². The smallest absolute Gasteiger partial charge is 0.0680 e. The van der Waals surface area contributed by atoms with Crippen molar-refractivity contribution < 1.29 is 0 Å². The molecule has 0 aliphatic carbocycles. The van der Waals surface area contributed by atoms with E-state index in [2.05, 4.69) is 75.7 Å². The average molecular weight is 424 g/mol. The van der Waals surface area contributed by atoms with E-state index >= 15 is 0 Å². The van der Waals surface area contributed by atoms with Gasteiger partial charge in [-0.05, 0) is 17.2 Å². The molecule has 1 aliphatic rings. The van der Waals surface area contributed by atoms with Crippen LogP contribution in [-0.2, 0) is 0 Å². The fourth-order valence-corrected chi connectivity index (χ4v) is 4.09. The van der Waals surface area contributed by atoms with Gasteiger partial charge in [-0.1, -0.05) is 96.0 Å². The van der Waals surface area contributed by atoms with E-state index in [1.807, 2.05) is 12.1 Å². The number of halogens is 2. The van der Waals surface area contributed by atoms with Crippen molar-refractivity contribution in [3.05, 3.63) is 106 Å². The maximum Gasteiger partial charge on any atom is 0.0680 e. The van der Waals surface area contributed by atoms with Crippen molar-refractivity contribution in [1.82, 2.24) is 9.91 Å². The van der Waals surface area contributed by atoms with Gasteiger partial charge in [0.15, 0.2) is 0 Å². The molecule has 3 aromatic carbocycles. The third kappa shape index (κ3) is 4.81. The van der Waals surface area contributed by atoms with Crippen LogP contribution in [0.15, 0.2) is 84.0 Å². The second-order valence-electron chi connectivity index (χ2n) is 7.10.